The van der Waals surface area contributed by atoms with Crippen molar-refractivity contribution in [1.82, 2.24) is 15.0 Å². The molecule has 1 aliphatic heterocycles. The van der Waals surface area contributed by atoms with Gasteiger partial charge in [0, 0.05) is 11.8 Å². The minimum Gasteiger partial charge on any atom is -0.448 e. The van der Waals surface area contributed by atoms with Gasteiger partial charge in [0.05, 0.1) is 18.8 Å². The molecule has 0 aliphatic carbocycles. The summed E-state index contributed by atoms with van der Waals surface area (Å²) in [6.45, 7) is 0.677. The van der Waals surface area contributed by atoms with E-state index in [1.165, 1.54) is 5.06 Å². The zero-order chi connectivity index (χ0) is 10.1. The molecular weight excluding hydrogens is 188 g/mol. The highest BCUT2D eigenvalue weighted by Crippen LogP contribution is 2.20. The Morgan fingerprint density at radius 2 is 2.43 bits per heavy atom. The third-order valence-corrected chi connectivity index (χ3v) is 1.85. The van der Waals surface area contributed by atoms with E-state index in [1.54, 1.807) is 6.20 Å². The van der Waals surface area contributed by atoms with Gasteiger partial charge in [-0.05, 0) is 0 Å². The molecule has 0 radical (unpaired) electrons. The number of nitrogen functional groups attached to an aromatic ring is 1. The summed E-state index contributed by atoms with van der Waals surface area (Å²) in [6.07, 6.45) is 0.238. The Bertz CT molecular complexity index is 381. The van der Waals surface area contributed by atoms with Crippen LogP contribution in [0.25, 0.3) is 0 Å². The monoisotopic (exact) mass is 196 g/mol. The Balaban J connectivity index is 2.14. The van der Waals surface area contributed by atoms with Gasteiger partial charge in [0.1, 0.15) is 0 Å². The average molecular weight is 196 g/mol. The number of aromatic nitrogens is 2. The highest BCUT2D eigenvalue weighted by molar-refractivity contribution is 5.56. The minimum absolute atomic E-state index is 0.181. The fourth-order valence-electron chi connectivity index (χ4n) is 1.31. The molecule has 2 heterocycles. The summed E-state index contributed by atoms with van der Waals surface area (Å²) in [7, 11) is 0. The van der Waals surface area contributed by atoms with E-state index in [2.05, 4.69) is 14.8 Å². The van der Waals surface area contributed by atoms with Crippen molar-refractivity contribution in [2.45, 2.75) is 13.1 Å². The molecular formula is C7H8N4O3. The molecule has 1 aliphatic rings. The van der Waals surface area contributed by atoms with Gasteiger partial charge in [0.25, 0.3) is 0 Å². The molecule has 0 saturated heterocycles. The minimum atomic E-state index is -1.33. The lowest BCUT2D eigenvalue weighted by Gasteiger charge is -2.09. The number of nitrogens with two attached hydrogens (primary N) is 1. The van der Waals surface area contributed by atoms with Crippen LogP contribution in [-0.4, -0.2) is 26.3 Å². The van der Waals surface area contributed by atoms with Crippen LogP contribution >= 0.6 is 0 Å². The highest BCUT2D eigenvalue weighted by Gasteiger charge is 2.23. The molecule has 0 saturated carbocycles. The van der Waals surface area contributed by atoms with Crippen LogP contribution in [0.1, 0.15) is 11.3 Å². The SMILES string of the molecule is Nc1ncc2c(n1)CN(OC(=O)O)C2. The van der Waals surface area contributed by atoms with Gasteiger partial charge in [0.2, 0.25) is 5.95 Å². The second-order valence-corrected chi connectivity index (χ2v) is 2.86. The first-order valence-electron chi connectivity index (χ1n) is 3.91. The third kappa shape index (κ3) is 1.57. The zero-order valence-electron chi connectivity index (χ0n) is 7.17. The quantitative estimate of drug-likeness (QED) is 0.650. The van der Waals surface area contributed by atoms with Crippen molar-refractivity contribution in [1.29, 1.82) is 0 Å². The fourth-order valence-corrected chi connectivity index (χ4v) is 1.31. The maximum absolute atomic E-state index is 10.2. The number of anilines is 1. The summed E-state index contributed by atoms with van der Waals surface area (Å²) in [6, 6.07) is 0. The normalized spacial score (nSPS) is 15.1. The van der Waals surface area contributed by atoms with E-state index in [-0.39, 0.29) is 5.95 Å². The van der Waals surface area contributed by atoms with Crippen molar-refractivity contribution >= 4 is 12.1 Å². The summed E-state index contributed by atoms with van der Waals surface area (Å²) in [4.78, 5) is 22.5. The Morgan fingerprint density at radius 3 is 3.14 bits per heavy atom. The smallest absolute Gasteiger partial charge is 0.448 e. The predicted octanol–water partition coefficient (Wildman–Crippen LogP) is -0.0160. The van der Waals surface area contributed by atoms with Gasteiger partial charge in [-0.3, -0.25) is 0 Å². The second-order valence-electron chi connectivity index (χ2n) is 2.86. The molecule has 0 spiro atoms. The van der Waals surface area contributed by atoms with Crippen LogP contribution in [0.4, 0.5) is 10.7 Å². The molecule has 0 unspecified atom stereocenters. The van der Waals surface area contributed by atoms with E-state index in [4.69, 9.17) is 10.8 Å². The van der Waals surface area contributed by atoms with E-state index >= 15 is 0 Å². The third-order valence-electron chi connectivity index (χ3n) is 1.85. The number of rotatable bonds is 1. The lowest BCUT2D eigenvalue weighted by atomic mass is 10.3. The van der Waals surface area contributed by atoms with E-state index in [9.17, 15) is 4.79 Å². The molecule has 7 nitrogen and oxygen atoms in total. The van der Waals surface area contributed by atoms with Crippen molar-refractivity contribution in [2.24, 2.45) is 0 Å². The number of nitrogens with zero attached hydrogens (tertiary/aromatic N) is 3. The van der Waals surface area contributed by atoms with Crippen molar-refractivity contribution < 1.29 is 14.7 Å². The largest absolute Gasteiger partial charge is 0.525 e. The molecule has 0 aromatic carbocycles. The topological polar surface area (TPSA) is 102 Å². The van der Waals surface area contributed by atoms with Gasteiger partial charge in [-0.25, -0.2) is 14.8 Å². The van der Waals surface area contributed by atoms with Gasteiger partial charge in [-0.15, -0.1) is 5.06 Å². The highest BCUT2D eigenvalue weighted by atomic mass is 16.8. The lowest BCUT2D eigenvalue weighted by Crippen LogP contribution is -2.20. The van der Waals surface area contributed by atoms with Crippen molar-refractivity contribution in [3.8, 4) is 0 Å². The van der Waals surface area contributed by atoms with Crippen LogP contribution < -0.4 is 5.73 Å². The number of hydrogen-bond acceptors (Lipinski definition) is 6. The van der Waals surface area contributed by atoms with E-state index < -0.39 is 6.16 Å². The van der Waals surface area contributed by atoms with Gasteiger partial charge < -0.3 is 15.7 Å². The van der Waals surface area contributed by atoms with Crippen LogP contribution in [0.5, 0.6) is 0 Å². The van der Waals surface area contributed by atoms with Gasteiger partial charge >= 0.3 is 6.16 Å². The summed E-state index contributed by atoms with van der Waals surface area (Å²) < 4.78 is 0. The maximum atomic E-state index is 10.2. The molecule has 0 amide bonds. The predicted molar refractivity (Wildman–Crippen MR) is 44.8 cm³/mol. The Morgan fingerprint density at radius 1 is 1.64 bits per heavy atom. The zero-order valence-corrected chi connectivity index (χ0v) is 7.17. The fraction of sp³-hybridized carbons (Fsp3) is 0.286. The standard InChI is InChI=1S/C7H8N4O3/c8-6-9-1-4-2-11(14-7(12)13)3-5(4)10-6/h1H,2-3H2,(H,12,13)(H2,8,9,10). The van der Waals surface area contributed by atoms with Crippen LogP contribution in [0, 0.1) is 0 Å². The maximum Gasteiger partial charge on any atom is 0.525 e. The number of carboxylic acid groups (broad SMARTS) is 1. The number of carbonyl (C=O) groups is 1. The average Bonchev–Trinajstić information content (AvgIpc) is 2.44. The summed E-state index contributed by atoms with van der Waals surface area (Å²) in [5.41, 5.74) is 6.92. The van der Waals surface area contributed by atoms with E-state index in [0.717, 1.165) is 5.56 Å². The first kappa shape index (κ1) is 8.70. The Kier molecular flexibility index (Phi) is 1.93. The molecule has 74 valence electrons. The van der Waals surface area contributed by atoms with Crippen LogP contribution in [-0.2, 0) is 17.9 Å². The van der Waals surface area contributed by atoms with E-state index in [1.807, 2.05) is 0 Å². The first-order chi connectivity index (χ1) is 6.65. The second kappa shape index (κ2) is 3.11. The Labute approximate surface area is 79.1 Å². The van der Waals surface area contributed by atoms with Crippen LogP contribution in [0.2, 0.25) is 0 Å². The number of hydrogen-bond donors (Lipinski definition) is 2. The molecule has 3 N–H and O–H groups in total. The molecule has 1 aromatic rings. The van der Waals surface area contributed by atoms with Gasteiger partial charge in [0.15, 0.2) is 0 Å². The summed E-state index contributed by atoms with van der Waals surface area (Å²) in [5.74, 6) is 0.181. The van der Waals surface area contributed by atoms with Crippen LogP contribution in [0.3, 0.4) is 0 Å². The number of fused-ring (bicyclic) bond motifs is 1. The molecule has 7 heteroatoms. The van der Waals surface area contributed by atoms with Crippen molar-refractivity contribution in [2.75, 3.05) is 5.73 Å². The summed E-state index contributed by atoms with van der Waals surface area (Å²) in [5, 5.41) is 9.66. The van der Waals surface area contributed by atoms with Crippen molar-refractivity contribution in [3.05, 3.63) is 17.5 Å². The van der Waals surface area contributed by atoms with Crippen molar-refractivity contribution in [3.63, 3.8) is 0 Å². The molecule has 14 heavy (non-hydrogen) atoms. The molecule has 1 aromatic heterocycles. The molecule has 0 bridgehead atoms. The Hall–Kier alpha value is -1.89. The number of hydroxylamine groups is 2. The molecule has 2 rings (SSSR count). The molecule has 0 atom stereocenters. The van der Waals surface area contributed by atoms with E-state index in [0.29, 0.717) is 18.8 Å². The first-order valence-corrected chi connectivity index (χ1v) is 3.91. The van der Waals surface area contributed by atoms with Crippen LogP contribution in [0.15, 0.2) is 6.20 Å². The summed E-state index contributed by atoms with van der Waals surface area (Å²) >= 11 is 0. The molecule has 0 fully saturated rings. The van der Waals surface area contributed by atoms with Gasteiger partial charge in [-0.1, -0.05) is 0 Å². The van der Waals surface area contributed by atoms with Gasteiger partial charge in [-0.2, -0.15) is 0 Å². The lowest BCUT2D eigenvalue weighted by molar-refractivity contribution is -0.125.